The lowest BCUT2D eigenvalue weighted by Gasteiger charge is -2.17. The fraction of sp³-hybridized carbons (Fsp3) is 0.222. The number of benzene rings is 2. The first-order chi connectivity index (χ1) is 11.5. The van der Waals surface area contributed by atoms with Gasteiger partial charge < -0.3 is 10.1 Å². The summed E-state index contributed by atoms with van der Waals surface area (Å²) in [4.78, 5) is 23.4. The van der Waals surface area contributed by atoms with E-state index in [-0.39, 0.29) is 18.9 Å². The molecule has 2 aromatic rings. The molecule has 0 spiro atoms. The molecule has 0 saturated heterocycles. The topological polar surface area (TPSA) is 55.4 Å². The van der Waals surface area contributed by atoms with E-state index in [4.69, 9.17) is 4.74 Å². The van der Waals surface area contributed by atoms with Gasteiger partial charge in [-0.3, -0.25) is 9.59 Å². The van der Waals surface area contributed by atoms with Gasteiger partial charge in [-0.1, -0.05) is 52.3 Å². The lowest BCUT2D eigenvalue weighted by atomic mass is 10.0. The average Bonchev–Trinajstić information content (AvgIpc) is 2.54. The molecule has 2 rings (SSSR count). The van der Waals surface area contributed by atoms with Crippen LogP contribution in [-0.4, -0.2) is 11.9 Å². The van der Waals surface area contributed by atoms with Crippen LogP contribution in [0.5, 0.6) is 0 Å². The Balaban J connectivity index is 1.98. The van der Waals surface area contributed by atoms with Crippen molar-refractivity contribution in [2.45, 2.75) is 26.0 Å². The van der Waals surface area contributed by atoms with E-state index in [1.165, 1.54) is 13.0 Å². The quantitative estimate of drug-likeness (QED) is 0.757. The second-order valence-electron chi connectivity index (χ2n) is 5.26. The molecular formula is C18H17BrFNO3. The molecule has 0 aliphatic rings. The van der Waals surface area contributed by atoms with Gasteiger partial charge in [0.2, 0.25) is 5.91 Å². The Morgan fingerprint density at radius 3 is 2.54 bits per heavy atom. The van der Waals surface area contributed by atoms with Gasteiger partial charge in [-0.2, -0.15) is 0 Å². The molecule has 0 bridgehead atoms. The van der Waals surface area contributed by atoms with Crippen LogP contribution in [0.4, 0.5) is 4.39 Å². The van der Waals surface area contributed by atoms with Crippen LogP contribution in [0.3, 0.4) is 0 Å². The van der Waals surface area contributed by atoms with Crippen LogP contribution in [0.1, 0.15) is 30.5 Å². The first-order valence-corrected chi connectivity index (χ1v) is 8.16. The molecule has 0 aliphatic heterocycles. The highest BCUT2D eigenvalue weighted by molar-refractivity contribution is 9.10. The first kappa shape index (κ1) is 18.1. The summed E-state index contributed by atoms with van der Waals surface area (Å²) in [6.45, 7) is 1.23. The average molecular weight is 394 g/mol. The van der Waals surface area contributed by atoms with Gasteiger partial charge in [0.05, 0.1) is 12.5 Å². The van der Waals surface area contributed by atoms with Gasteiger partial charge >= 0.3 is 5.97 Å². The summed E-state index contributed by atoms with van der Waals surface area (Å²) in [7, 11) is 0. The maximum absolute atomic E-state index is 13.7. The molecule has 0 fully saturated rings. The lowest BCUT2D eigenvalue weighted by molar-refractivity contribution is -0.145. The van der Waals surface area contributed by atoms with Crippen molar-refractivity contribution in [3.05, 3.63) is 69.9 Å². The van der Waals surface area contributed by atoms with Crippen LogP contribution in [-0.2, 0) is 20.9 Å². The minimum Gasteiger partial charge on any atom is -0.461 e. The molecule has 0 heterocycles. The smallest absolute Gasteiger partial charge is 0.308 e. The second-order valence-corrected chi connectivity index (χ2v) is 6.18. The summed E-state index contributed by atoms with van der Waals surface area (Å²) in [5.41, 5.74) is 1.10. The number of carbonyl (C=O) groups is 2. The van der Waals surface area contributed by atoms with E-state index in [1.807, 2.05) is 30.3 Å². The van der Waals surface area contributed by atoms with Gasteiger partial charge in [-0.05, 0) is 17.7 Å². The third-order valence-corrected chi connectivity index (χ3v) is 3.85. The van der Waals surface area contributed by atoms with Crippen molar-refractivity contribution in [2.24, 2.45) is 0 Å². The third kappa shape index (κ3) is 5.45. The maximum atomic E-state index is 13.7. The van der Waals surface area contributed by atoms with Crippen LogP contribution in [0.25, 0.3) is 0 Å². The van der Waals surface area contributed by atoms with Crippen LogP contribution in [0.2, 0.25) is 0 Å². The Hall–Kier alpha value is -2.21. The molecule has 6 heteroatoms. The fourth-order valence-corrected chi connectivity index (χ4v) is 2.54. The van der Waals surface area contributed by atoms with E-state index in [1.54, 1.807) is 12.1 Å². The number of carbonyl (C=O) groups excluding carboxylic acids is 2. The molecular weight excluding hydrogens is 377 g/mol. The Kier molecular flexibility index (Phi) is 6.49. The van der Waals surface area contributed by atoms with Gasteiger partial charge in [0.1, 0.15) is 12.4 Å². The van der Waals surface area contributed by atoms with Crippen molar-refractivity contribution in [3.63, 3.8) is 0 Å². The van der Waals surface area contributed by atoms with E-state index < -0.39 is 17.8 Å². The van der Waals surface area contributed by atoms with Gasteiger partial charge in [-0.25, -0.2) is 4.39 Å². The van der Waals surface area contributed by atoms with Gasteiger partial charge in [0.25, 0.3) is 0 Å². The minimum atomic E-state index is -0.514. The van der Waals surface area contributed by atoms with Gasteiger partial charge in [0, 0.05) is 17.0 Å². The molecule has 0 radical (unpaired) electrons. The normalized spacial score (nSPS) is 11.6. The molecule has 1 amide bonds. The number of ether oxygens (including phenoxy) is 1. The number of amides is 1. The molecule has 0 aliphatic carbocycles. The number of esters is 1. The van der Waals surface area contributed by atoms with E-state index in [0.717, 1.165) is 5.56 Å². The van der Waals surface area contributed by atoms with Crippen LogP contribution < -0.4 is 5.32 Å². The summed E-state index contributed by atoms with van der Waals surface area (Å²) in [5, 5.41) is 2.72. The number of rotatable bonds is 6. The van der Waals surface area contributed by atoms with Crippen LogP contribution >= 0.6 is 15.9 Å². The van der Waals surface area contributed by atoms with Crippen molar-refractivity contribution in [3.8, 4) is 0 Å². The predicted octanol–water partition coefficient (Wildman–Crippen LogP) is 3.90. The fourth-order valence-electron chi connectivity index (χ4n) is 2.21. The van der Waals surface area contributed by atoms with Crippen LogP contribution in [0.15, 0.2) is 53.0 Å². The molecule has 0 aromatic heterocycles. The standard InChI is InChI=1S/C18H17BrFNO3/c1-12(22)21-17(13-5-3-2-4-6-13)10-18(23)24-11-14-7-8-15(19)9-16(14)20/h2-9,17H,10-11H2,1H3,(H,21,22)/t17-/m1/s1. The summed E-state index contributed by atoms with van der Waals surface area (Å²) in [6.07, 6.45) is -0.0261. The highest BCUT2D eigenvalue weighted by atomic mass is 79.9. The van der Waals surface area contributed by atoms with E-state index in [2.05, 4.69) is 21.2 Å². The lowest BCUT2D eigenvalue weighted by Crippen LogP contribution is -2.28. The number of hydrogen-bond acceptors (Lipinski definition) is 3. The van der Waals surface area contributed by atoms with E-state index in [0.29, 0.717) is 10.0 Å². The van der Waals surface area contributed by atoms with Crippen LogP contribution in [0, 0.1) is 5.82 Å². The molecule has 1 N–H and O–H groups in total. The van der Waals surface area contributed by atoms with Crippen molar-refractivity contribution >= 4 is 27.8 Å². The molecule has 4 nitrogen and oxygen atoms in total. The Labute approximate surface area is 148 Å². The van der Waals surface area contributed by atoms with Crippen molar-refractivity contribution in [2.75, 3.05) is 0 Å². The summed E-state index contributed by atoms with van der Waals surface area (Å²) in [6, 6.07) is 13.2. The Bertz CT molecular complexity index is 721. The molecule has 0 saturated carbocycles. The van der Waals surface area contributed by atoms with E-state index in [9.17, 15) is 14.0 Å². The molecule has 2 aromatic carbocycles. The monoisotopic (exact) mass is 393 g/mol. The molecule has 0 unspecified atom stereocenters. The zero-order valence-electron chi connectivity index (χ0n) is 13.1. The highest BCUT2D eigenvalue weighted by Gasteiger charge is 2.18. The summed E-state index contributed by atoms with van der Waals surface area (Å²) >= 11 is 3.17. The third-order valence-electron chi connectivity index (χ3n) is 3.35. The maximum Gasteiger partial charge on any atom is 0.308 e. The van der Waals surface area contributed by atoms with Gasteiger partial charge in [-0.15, -0.1) is 0 Å². The Morgan fingerprint density at radius 1 is 1.21 bits per heavy atom. The number of halogens is 2. The zero-order valence-corrected chi connectivity index (χ0v) is 14.7. The molecule has 1 atom stereocenters. The largest absolute Gasteiger partial charge is 0.461 e. The zero-order chi connectivity index (χ0) is 17.5. The van der Waals surface area contributed by atoms with Gasteiger partial charge in [0.15, 0.2) is 0 Å². The molecule has 24 heavy (non-hydrogen) atoms. The Morgan fingerprint density at radius 2 is 1.92 bits per heavy atom. The first-order valence-electron chi connectivity index (χ1n) is 7.37. The summed E-state index contributed by atoms with van der Waals surface area (Å²) in [5.74, 6) is -1.20. The SMILES string of the molecule is CC(=O)N[C@H](CC(=O)OCc1ccc(Br)cc1F)c1ccccc1. The van der Waals surface area contributed by atoms with Crippen molar-refractivity contribution in [1.82, 2.24) is 5.32 Å². The molecule has 126 valence electrons. The number of hydrogen-bond donors (Lipinski definition) is 1. The number of nitrogens with one attached hydrogen (secondary N) is 1. The highest BCUT2D eigenvalue weighted by Crippen LogP contribution is 2.19. The van der Waals surface area contributed by atoms with Crippen molar-refractivity contribution in [1.29, 1.82) is 0 Å². The summed E-state index contributed by atoms with van der Waals surface area (Å²) < 4.78 is 19.5. The van der Waals surface area contributed by atoms with Crippen molar-refractivity contribution < 1.29 is 18.7 Å². The van der Waals surface area contributed by atoms with E-state index >= 15 is 0 Å². The predicted molar refractivity (Wildman–Crippen MR) is 91.5 cm³/mol. The minimum absolute atomic E-state index is 0.0261. The second kappa shape index (κ2) is 8.59.